The summed E-state index contributed by atoms with van der Waals surface area (Å²) >= 11 is 6.12. The van der Waals surface area contributed by atoms with Crippen LogP contribution in [0.15, 0.2) is 30.6 Å². The van der Waals surface area contributed by atoms with Crippen molar-refractivity contribution < 1.29 is 0 Å². The fraction of sp³-hybridized carbons (Fsp3) is 0.333. The molecule has 0 spiro atoms. The third kappa shape index (κ3) is 3.67. The van der Waals surface area contributed by atoms with Gasteiger partial charge in [0, 0.05) is 12.1 Å². The summed E-state index contributed by atoms with van der Waals surface area (Å²) in [6.07, 6.45) is 3.40. The van der Waals surface area contributed by atoms with Gasteiger partial charge in [-0.3, -0.25) is 0 Å². The van der Waals surface area contributed by atoms with E-state index in [0.29, 0.717) is 5.15 Å². The van der Waals surface area contributed by atoms with Crippen LogP contribution in [0.4, 0.5) is 5.82 Å². The number of benzene rings is 1. The molecule has 1 heterocycles. The zero-order valence-corrected chi connectivity index (χ0v) is 12.0. The van der Waals surface area contributed by atoms with Gasteiger partial charge in [0.1, 0.15) is 17.3 Å². The molecular formula is C15H18ClN3. The van der Waals surface area contributed by atoms with E-state index in [1.807, 2.05) is 0 Å². The Balaban J connectivity index is 2.13. The fourth-order valence-electron chi connectivity index (χ4n) is 2.02. The molecule has 0 amide bonds. The normalized spacial score (nSPS) is 10.5. The van der Waals surface area contributed by atoms with Gasteiger partial charge in [-0.05, 0) is 18.9 Å². The second kappa shape index (κ2) is 6.53. The molecule has 2 aromatic rings. The van der Waals surface area contributed by atoms with E-state index in [4.69, 9.17) is 11.6 Å². The Bertz CT molecular complexity index is 555. The number of anilines is 1. The van der Waals surface area contributed by atoms with Gasteiger partial charge in [-0.25, -0.2) is 9.97 Å². The summed E-state index contributed by atoms with van der Waals surface area (Å²) in [5, 5.41) is 3.89. The van der Waals surface area contributed by atoms with Crippen molar-refractivity contribution in [3.05, 3.63) is 52.4 Å². The lowest BCUT2D eigenvalue weighted by atomic mass is 10.1. The van der Waals surface area contributed by atoms with Gasteiger partial charge in [0.05, 0.1) is 0 Å². The molecule has 2 rings (SSSR count). The average Bonchev–Trinajstić information content (AvgIpc) is 2.40. The van der Waals surface area contributed by atoms with Gasteiger partial charge in [0.15, 0.2) is 0 Å². The first kappa shape index (κ1) is 13.8. The van der Waals surface area contributed by atoms with Gasteiger partial charge in [-0.1, -0.05) is 54.8 Å². The number of nitrogens with zero attached hydrogens (tertiary/aromatic N) is 2. The number of halogens is 1. The molecule has 0 aliphatic carbocycles. The molecule has 0 atom stereocenters. The number of hydrogen-bond donors (Lipinski definition) is 1. The lowest BCUT2D eigenvalue weighted by Gasteiger charge is -2.11. The predicted molar refractivity (Wildman–Crippen MR) is 79.5 cm³/mol. The van der Waals surface area contributed by atoms with Crippen LogP contribution in [0, 0.1) is 6.92 Å². The van der Waals surface area contributed by atoms with E-state index in [-0.39, 0.29) is 0 Å². The number of hydrogen-bond acceptors (Lipinski definition) is 3. The highest BCUT2D eigenvalue weighted by atomic mass is 35.5. The lowest BCUT2D eigenvalue weighted by Crippen LogP contribution is -2.06. The monoisotopic (exact) mass is 275 g/mol. The summed E-state index contributed by atoms with van der Waals surface area (Å²) in [5.41, 5.74) is 3.49. The first-order chi connectivity index (χ1) is 9.20. The van der Waals surface area contributed by atoms with Crippen molar-refractivity contribution in [2.45, 2.75) is 33.2 Å². The molecule has 4 heteroatoms. The van der Waals surface area contributed by atoms with Gasteiger partial charge >= 0.3 is 0 Å². The summed E-state index contributed by atoms with van der Waals surface area (Å²) in [4.78, 5) is 8.33. The molecular weight excluding hydrogens is 258 g/mol. The van der Waals surface area contributed by atoms with Crippen molar-refractivity contribution in [2.24, 2.45) is 0 Å². The van der Waals surface area contributed by atoms with Gasteiger partial charge in [-0.15, -0.1) is 0 Å². The minimum absolute atomic E-state index is 0.545. The largest absolute Gasteiger partial charge is 0.366 e. The Kier molecular flexibility index (Phi) is 4.74. The molecule has 100 valence electrons. The van der Waals surface area contributed by atoms with Crippen molar-refractivity contribution in [1.29, 1.82) is 0 Å². The maximum Gasteiger partial charge on any atom is 0.137 e. The maximum atomic E-state index is 6.12. The van der Waals surface area contributed by atoms with Crippen LogP contribution in [-0.2, 0) is 13.0 Å². The Morgan fingerprint density at radius 1 is 1.26 bits per heavy atom. The van der Waals surface area contributed by atoms with E-state index in [9.17, 15) is 0 Å². The van der Waals surface area contributed by atoms with E-state index in [0.717, 1.165) is 30.8 Å². The number of nitrogens with one attached hydrogen (secondary N) is 1. The quantitative estimate of drug-likeness (QED) is 0.838. The van der Waals surface area contributed by atoms with Crippen LogP contribution >= 0.6 is 11.6 Å². The topological polar surface area (TPSA) is 37.8 Å². The SMILES string of the molecule is CCCc1c(Cl)ncnc1NCc1cccc(C)c1. The molecule has 0 aliphatic heterocycles. The van der Waals surface area contributed by atoms with Crippen molar-refractivity contribution >= 4 is 17.4 Å². The van der Waals surface area contributed by atoms with Crippen molar-refractivity contribution in [3.8, 4) is 0 Å². The Hall–Kier alpha value is -1.61. The molecule has 0 fully saturated rings. The van der Waals surface area contributed by atoms with E-state index in [1.165, 1.54) is 17.5 Å². The predicted octanol–water partition coefficient (Wildman–Crippen LogP) is 4.00. The first-order valence-corrected chi connectivity index (χ1v) is 6.87. The van der Waals surface area contributed by atoms with Gasteiger partial charge in [0.25, 0.3) is 0 Å². The molecule has 0 radical (unpaired) electrons. The zero-order chi connectivity index (χ0) is 13.7. The van der Waals surface area contributed by atoms with Crippen molar-refractivity contribution in [1.82, 2.24) is 9.97 Å². The second-order valence-electron chi connectivity index (χ2n) is 4.58. The Labute approximate surface area is 119 Å². The van der Waals surface area contributed by atoms with Crippen molar-refractivity contribution in [2.75, 3.05) is 5.32 Å². The molecule has 1 aromatic carbocycles. The Morgan fingerprint density at radius 3 is 2.84 bits per heavy atom. The number of aromatic nitrogens is 2. The minimum atomic E-state index is 0.545. The van der Waals surface area contributed by atoms with E-state index >= 15 is 0 Å². The average molecular weight is 276 g/mol. The summed E-state index contributed by atoms with van der Waals surface area (Å²) in [5.74, 6) is 0.836. The molecule has 1 N–H and O–H groups in total. The molecule has 19 heavy (non-hydrogen) atoms. The standard InChI is InChI=1S/C15H18ClN3/c1-3-5-13-14(16)18-10-19-15(13)17-9-12-7-4-6-11(2)8-12/h4,6-8,10H,3,5,9H2,1-2H3,(H,17,18,19). The molecule has 0 aliphatic rings. The zero-order valence-electron chi connectivity index (χ0n) is 11.3. The smallest absolute Gasteiger partial charge is 0.137 e. The molecule has 0 bridgehead atoms. The highest BCUT2D eigenvalue weighted by molar-refractivity contribution is 6.30. The van der Waals surface area contributed by atoms with Crippen LogP contribution in [0.2, 0.25) is 5.15 Å². The van der Waals surface area contributed by atoms with Crippen molar-refractivity contribution in [3.63, 3.8) is 0 Å². The van der Waals surface area contributed by atoms with Crippen LogP contribution in [0.25, 0.3) is 0 Å². The molecule has 1 aromatic heterocycles. The molecule has 3 nitrogen and oxygen atoms in total. The van der Waals surface area contributed by atoms with E-state index in [2.05, 4.69) is 53.4 Å². The van der Waals surface area contributed by atoms with E-state index in [1.54, 1.807) is 0 Å². The van der Waals surface area contributed by atoms with Crippen LogP contribution in [-0.4, -0.2) is 9.97 Å². The van der Waals surface area contributed by atoms with Crippen LogP contribution in [0.3, 0.4) is 0 Å². The summed E-state index contributed by atoms with van der Waals surface area (Å²) in [7, 11) is 0. The maximum absolute atomic E-state index is 6.12. The minimum Gasteiger partial charge on any atom is -0.366 e. The summed E-state index contributed by atoms with van der Waals surface area (Å²) < 4.78 is 0. The van der Waals surface area contributed by atoms with Crippen LogP contribution in [0.5, 0.6) is 0 Å². The summed E-state index contributed by atoms with van der Waals surface area (Å²) in [6, 6.07) is 8.41. The second-order valence-corrected chi connectivity index (χ2v) is 4.94. The number of aryl methyl sites for hydroxylation is 1. The first-order valence-electron chi connectivity index (χ1n) is 6.49. The molecule has 0 saturated heterocycles. The summed E-state index contributed by atoms with van der Waals surface area (Å²) in [6.45, 7) is 4.95. The molecule has 0 unspecified atom stereocenters. The highest BCUT2D eigenvalue weighted by Crippen LogP contribution is 2.22. The third-order valence-corrected chi connectivity index (χ3v) is 3.26. The van der Waals surface area contributed by atoms with Crippen LogP contribution in [0.1, 0.15) is 30.0 Å². The Morgan fingerprint density at radius 2 is 2.11 bits per heavy atom. The van der Waals surface area contributed by atoms with Gasteiger partial charge in [-0.2, -0.15) is 0 Å². The van der Waals surface area contributed by atoms with Crippen LogP contribution < -0.4 is 5.32 Å². The number of rotatable bonds is 5. The fourth-order valence-corrected chi connectivity index (χ4v) is 2.25. The lowest BCUT2D eigenvalue weighted by molar-refractivity contribution is 0.897. The molecule has 0 saturated carbocycles. The third-order valence-electron chi connectivity index (χ3n) is 2.94. The van der Waals surface area contributed by atoms with Gasteiger partial charge in [0.2, 0.25) is 0 Å². The van der Waals surface area contributed by atoms with E-state index < -0.39 is 0 Å². The van der Waals surface area contributed by atoms with Gasteiger partial charge < -0.3 is 5.32 Å². The highest BCUT2D eigenvalue weighted by Gasteiger charge is 2.08.